The normalized spacial score (nSPS) is 18.2. The van der Waals surface area contributed by atoms with Gasteiger partial charge in [0.05, 0.1) is 26.0 Å². The van der Waals surface area contributed by atoms with Crippen molar-refractivity contribution in [1.82, 2.24) is 15.5 Å². The molecule has 1 aliphatic rings. The van der Waals surface area contributed by atoms with Gasteiger partial charge in [0.2, 0.25) is 5.88 Å². The summed E-state index contributed by atoms with van der Waals surface area (Å²) in [4.78, 5) is 0. The number of hydrogen-bond acceptors (Lipinski definition) is 6. The molecule has 0 aliphatic carbocycles. The number of morpholine rings is 1. The van der Waals surface area contributed by atoms with Crippen LogP contribution in [-0.4, -0.2) is 37.0 Å². The third-order valence-electron chi connectivity index (χ3n) is 3.22. The molecule has 1 fully saturated rings. The molecule has 1 aliphatic heterocycles. The van der Waals surface area contributed by atoms with Crippen LogP contribution in [0.3, 0.4) is 0 Å². The highest BCUT2D eigenvalue weighted by molar-refractivity contribution is 5.34. The second-order valence-electron chi connectivity index (χ2n) is 4.67. The molecular weight excluding hydrogens is 270 g/mol. The van der Waals surface area contributed by atoms with Crippen LogP contribution in [0.15, 0.2) is 36.5 Å². The van der Waals surface area contributed by atoms with E-state index in [9.17, 15) is 0 Å². The topological polar surface area (TPSA) is 65.5 Å². The quantitative estimate of drug-likeness (QED) is 0.927. The van der Waals surface area contributed by atoms with Gasteiger partial charge in [-0.15, -0.1) is 5.10 Å². The lowest BCUT2D eigenvalue weighted by Gasteiger charge is -2.24. The summed E-state index contributed by atoms with van der Waals surface area (Å²) in [5.74, 6) is 1.70. The molecule has 2 aromatic rings. The molecule has 2 heterocycles. The molecule has 6 nitrogen and oxygen atoms in total. The monoisotopic (exact) mass is 287 g/mol. The van der Waals surface area contributed by atoms with Gasteiger partial charge in [-0.3, -0.25) is 0 Å². The van der Waals surface area contributed by atoms with Crippen molar-refractivity contribution < 1.29 is 14.2 Å². The van der Waals surface area contributed by atoms with Crippen LogP contribution in [0, 0.1) is 0 Å². The average Bonchev–Trinajstić information content (AvgIpc) is 2.56. The molecule has 1 atom stereocenters. The lowest BCUT2D eigenvalue weighted by atomic mass is 10.1. The van der Waals surface area contributed by atoms with Crippen molar-refractivity contribution in [3.63, 3.8) is 0 Å². The maximum atomic E-state index is 5.74. The van der Waals surface area contributed by atoms with E-state index in [2.05, 4.69) is 15.5 Å². The highest BCUT2D eigenvalue weighted by Crippen LogP contribution is 2.26. The van der Waals surface area contributed by atoms with Gasteiger partial charge in [0.25, 0.3) is 0 Å². The minimum Gasteiger partial charge on any atom is -0.495 e. The van der Waals surface area contributed by atoms with Crippen LogP contribution in [-0.2, 0) is 4.74 Å². The summed E-state index contributed by atoms with van der Waals surface area (Å²) in [7, 11) is 1.58. The minimum absolute atomic E-state index is 0.0543. The van der Waals surface area contributed by atoms with E-state index in [1.807, 2.05) is 24.3 Å². The summed E-state index contributed by atoms with van der Waals surface area (Å²) in [6.07, 6.45) is 1.59. The predicted molar refractivity (Wildman–Crippen MR) is 76.7 cm³/mol. The Morgan fingerprint density at radius 1 is 1.29 bits per heavy atom. The second-order valence-corrected chi connectivity index (χ2v) is 4.67. The predicted octanol–water partition coefficient (Wildman–Crippen LogP) is 1.94. The van der Waals surface area contributed by atoms with Crippen LogP contribution in [0.4, 0.5) is 0 Å². The number of rotatable bonds is 4. The highest BCUT2D eigenvalue weighted by atomic mass is 16.5. The Bertz CT molecular complexity index is 600. The Hall–Kier alpha value is -2.18. The summed E-state index contributed by atoms with van der Waals surface area (Å²) >= 11 is 0. The third kappa shape index (κ3) is 3.48. The van der Waals surface area contributed by atoms with Crippen molar-refractivity contribution in [2.75, 3.05) is 26.8 Å². The fourth-order valence-corrected chi connectivity index (χ4v) is 2.17. The van der Waals surface area contributed by atoms with Crippen molar-refractivity contribution in [3.05, 3.63) is 42.1 Å². The van der Waals surface area contributed by atoms with Crippen molar-refractivity contribution in [1.29, 1.82) is 0 Å². The minimum atomic E-state index is 0.0543. The van der Waals surface area contributed by atoms with E-state index in [4.69, 9.17) is 14.2 Å². The number of benzene rings is 1. The Balaban J connectivity index is 1.76. The standard InChI is InChI=1S/C15H17N3O3/c1-19-13-8-15(18-17-9-13)21-12-4-2-3-11(7-12)14-10-16-5-6-20-14/h2-4,7-9,14,16H,5-6,10H2,1H3/t14-/m0/s1. The van der Waals surface area contributed by atoms with Gasteiger partial charge in [-0.2, -0.15) is 5.10 Å². The molecule has 1 saturated heterocycles. The van der Waals surface area contributed by atoms with Gasteiger partial charge in [-0.05, 0) is 17.7 Å². The Morgan fingerprint density at radius 2 is 2.24 bits per heavy atom. The van der Waals surface area contributed by atoms with Crippen LogP contribution in [0.25, 0.3) is 0 Å². The van der Waals surface area contributed by atoms with E-state index in [-0.39, 0.29) is 6.10 Å². The van der Waals surface area contributed by atoms with E-state index in [1.54, 1.807) is 13.2 Å². The molecule has 1 aromatic carbocycles. The Morgan fingerprint density at radius 3 is 3.05 bits per heavy atom. The number of methoxy groups -OCH3 is 1. The molecule has 1 aromatic heterocycles. The van der Waals surface area contributed by atoms with Crippen molar-refractivity contribution >= 4 is 0 Å². The first-order valence-corrected chi connectivity index (χ1v) is 6.82. The summed E-state index contributed by atoms with van der Waals surface area (Å²) in [5, 5.41) is 11.1. The molecule has 0 radical (unpaired) electrons. The summed E-state index contributed by atoms with van der Waals surface area (Å²) in [6.45, 7) is 2.42. The fourth-order valence-electron chi connectivity index (χ4n) is 2.17. The van der Waals surface area contributed by atoms with Crippen LogP contribution >= 0.6 is 0 Å². The SMILES string of the molecule is COc1cnnc(Oc2cccc([C@@H]3CNCCO3)c2)c1. The molecule has 110 valence electrons. The zero-order chi connectivity index (χ0) is 14.5. The van der Waals surface area contributed by atoms with Gasteiger partial charge < -0.3 is 19.5 Å². The molecule has 0 saturated carbocycles. The van der Waals surface area contributed by atoms with Crippen molar-refractivity contribution in [2.24, 2.45) is 0 Å². The van der Waals surface area contributed by atoms with Gasteiger partial charge in [0, 0.05) is 19.2 Å². The highest BCUT2D eigenvalue weighted by Gasteiger charge is 2.16. The second kappa shape index (κ2) is 6.51. The zero-order valence-electron chi connectivity index (χ0n) is 11.8. The van der Waals surface area contributed by atoms with E-state index < -0.39 is 0 Å². The van der Waals surface area contributed by atoms with Crippen LogP contribution < -0.4 is 14.8 Å². The van der Waals surface area contributed by atoms with E-state index in [1.165, 1.54) is 6.20 Å². The zero-order valence-corrected chi connectivity index (χ0v) is 11.8. The molecule has 3 rings (SSSR count). The summed E-state index contributed by atoms with van der Waals surface area (Å²) in [5.41, 5.74) is 1.08. The Labute approximate surface area is 123 Å². The lowest BCUT2D eigenvalue weighted by Crippen LogP contribution is -2.33. The summed E-state index contributed by atoms with van der Waals surface area (Å²) in [6, 6.07) is 9.50. The summed E-state index contributed by atoms with van der Waals surface area (Å²) < 4.78 is 16.6. The smallest absolute Gasteiger partial charge is 0.242 e. The fraction of sp³-hybridized carbons (Fsp3) is 0.333. The van der Waals surface area contributed by atoms with Gasteiger partial charge in [-0.1, -0.05) is 12.1 Å². The molecule has 6 heteroatoms. The maximum Gasteiger partial charge on any atom is 0.242 e. The van der Waals surface area contributed by atoms with E-state index in [0.717, 1.165) is 25.3 Å². The molecule has 21 heavy (non-hydrogen) atoms. The molecular formula is C15H17N3O3. The van der Waals surface area contributed by atoms with Crippen molar-refractivity contribution in [2.45, 2.75) is 6.10 Å². The molecule has 0 bridgehead atoms. The Kier molecular flexibility index (Phi) is 4.28. The van der Waals surface area contributed by atoms with Crippen LogP contribution in [0.5, 0.6) is 17.4 Å². The van der Waals surface area contributed by atoms with Gasteiger partial charge in [0.15, 0.2) is 0 Å². The number of aromatic nitrogens is 2. The molecule has 0 amide bonds. The van der Waals surface area contributed by atoms with Gasteiger partial charge in [0.1, 0.15) is 11.5 Å². The molecule has 0 spiro atoms. The van der Waals surface area contributed by atoms with Crippen LogP contribution in [0.1, 0.15) is 11.7 Å². The van der Waals surface area contributed by atoms with E-state index in [0.29, 0.717) is 17.4 Å². The first-order chi connectivity index (χ1) is 10.3. The molecule has 1 N–H and O–H groups in total. The largest absolute Gasteiger partial charge is 0.495 e. The number of hydrogen-bond donors (Lipinski definition) is 1. The maximum absolute atomic E-state index is 5.74. The van der Waals surface area contributed by atoms with Crippen LogP contribution in [0.2, 0.25) is 0 Å². The number of ether oxygens (including phenoxy) is 3. The number of nitrogens with one attached hydrogen (secondary N) is 1. The van der Waals surface area contributed by atoms with Gasteiger partial charge in [-0.25, -0.2) is 0 Å². The third-order valence-corrected chi connectivity index (χ3v) is 3.22. The molecule has 0 unspecified atom stereocenters. The van der Waals surface area contributed by atoms with Gasteiger partial charge >= 0.3 is 0 Å². The first-order valence-electron chi connectivity index (χ1n) is 6.82. The van der Waals surface area contributed by atoms with E-state index >= 15 is 0 Å². The first kappa shape index (κ1) is 13.8. The average molecular weight is 287 g/mol. The van der Waals surface area contributed by atoms with Crippen molar-refractivity contribution in [3.8, 4) is 17.4 Å². The number of nitrogens with zero attached hydrogens (tertiary/aromatic N) is 2. The lowest BCUT2D eigenvalue weighted by molar-refractivity contribution is 0.0276.